The number of rotatable bonds is 18. The molecule has 380 valence electrons. The van der Waals surface area contributed by atoms with E-state index < -0.39 is 76.7 Å². The van der Waals surface area contributed by atoms with E-state index >= 15 is 4.39 Å². The first-order valence-corrected chi connectivity index (χ1v) is 24.7. The number of cyclic esters (lactones) is 1. The maximum absolute atomic E-state index is 15.4. The lowest BCUT2D eigenvalue weighted by molar-refractivity contribution is -0.172. The number of carbonyl (C=O) groups excluding carboxylic acids is 7. The van der Waals surface area contributed by atoms with Crippen LogP contribution in [0.25, 0.3) is 22.3 Å². The molecule has 8 rings (SSSR count). The molecule has 2 aromatic carbocycles. The van der Waals surface area contributed by atoms with Gasteiger partial charge in [-0.25, -0.2) is 19.0 Å². The summed E-state index contributed by atoms with van der Waals surface area (Å²) < 4.78 is 38.8. The molecule has 6 amide bonds. The third-order valence-electron chi connectivity index (χ3n) is 13.1. The van der Waals surface area contributed by atoms with Gasteiger partial charge in [0, 0.05) is 34.7 Å². The SMILES string of the molecule is CC[C@@]1(O)C(=O)OCc2c1cc1n(c2=O)Cc2c-1nc1cc(F)c(C)c3c1c2C(NC(=O)OCc1ccc(NC(=O)[C@H](C)NC(=O)[C@H](C)NC(=O)CCOCCOCCN2C(=O)C(Br)=C(Br)C2=O)cc1)CC3. The van der Waals surface area contributed by atoms with Gasteiger partial charge in [-0.15, -0.1) is 0 Å². The number of alkyl carbamates (subject to hydrolysis) is 1. The van der Waals surface area contributed by atoms with E-state index in [4.69, 9.17) is 23.9 Å². The fraction of sp³-hybridized carbons (Fsp3) is 0.408. The average molecular weight is 1120 g/mol. The highest BCUT2D eigenvalue weighted by molar-refractivity contribution is 9.14. The highest BCUT2D eigenvalue weighted by atomic mass is 79.9. The lowest BCUT2D eigenvalue weighted by Crippen LogP contribution is -2.50. The van der Waals surface area contributed by atoms with Crippen molar-refractivity contribution < 1.29 is 62.0 Å². The molecule has 4 atom stereocenters. The van der Waals surface area contributed by atoms with Crippen molar-refractivity contribution in [2.75, 3.05) is 38.3 Å². The van der Waals surface area contributed by atoms with Gasteiger partial charge in [-0.05, 0) is 112 Å². The number of benzene rings is 2. The molecule has 3 aliphatic heterocycles. The van der Waals surface area contributed by atoms with Crippen molar-refractivity contribution in [1.82, 2.24) is 30.4 Å². The molecule has 0 radical (unpaired) electrons. The number of pyridine rings is 2. The number of nitrogens with one attached hydrogen (secondary N) is 4. The summed E-state index contributed by atoms with van der Waals surface area (Å²) in [6, 6.07) is 6.87. The predicted molar refractivity (Wildman–Crippen MR) is 262 cm³/mol. The van der Waals surface area contributed by atoms with E-state index in [1.807, 2.05) is 0 Å². The quantitative estimate of drug-likeness (QED) is 0.0469. The van der Waals surface area contributed by atoms with Crippen molar-refractivity contribution in [3.8, 4) is 11.4 Å². The summed E-state index contributed by atoms with van der Waals surface area (Å²) >= 11 is 6.12. The van der Waals surface area contributed by atoms with Crippen LogP contribution >= 0.6 is 31.9 Å². The fourth-order valence-corrected chi connectivity index (χ4v) is 9.88. The van der Waals surface area contributed by atoms with Gasteiger partial charge >= 0.3 is 12.1 Å². The third-order valence-corrected chi connectivity index (χ3v) is 15.2. The average Bonchev–Trinajstić information content (AvgIpc) is 3.81. The normalized spacial score (nSPS) is 18.5. The monoisotopic (exact) mass is 1120 g/mol. The first-order chi connectivity index (χ1) is 34.3. The zero-order valence-electron chi connectivity index (χ0n) is 39.5. The summed E-state index contributed by atoms with van der Waals surface area (Å²) in [5, 5.41) is 22.9. The Morgan fingerprint density at radius 2 is 1.61 bits per heavy atom. The lowest BCUT2D eigenvalue weighted by atomic mass is 9.81. The maximum Gasteiger partial charge on any atom is 0.407 e. The summed E-state index contributed by atoms with van der Waals surface area (Å²) in [5.74, 6) is -3.78. The number of ether oxygens (including phenoxy) is 4. The maximum atomic E-state index is 15.4. The Bertz CT molecular complexity index is 3010. The van der Waals surface area contributed by atoms with Gasteiger partial charge < -0.3 is 49.9 Å². The van der Waals surface area contributed by atoms with E-state index in [-0.39, 0.29) is 85.7 Å². The van der Waals surface area contributed by atoms with Crippen molar-refractivity contribution in [2.45, 2.75) is 96.9 Å². The first-order valence-electron chi connectivity index (χ1n) is 23.1. The number of aryl methyl sites for hydroxylation is 1. The van der Waals surface area contributed by atoms with Gasteiger partial charge in [0.1, 0.15) is 40.1 Å². The number of esters is 1. The topological polar surface area (TPSA) is 263 Å². The molecule has 23 heteroatoms. The molecule has 0 spiro atoms. The Kier molecular flexibility index (Phi) is 15.4. The molecule has 72 heavy (non-hydrogen) atoms. The molecule has 0 fully saturated rings. The van der Waals surface area contributed by atoms with E-state index in [9.17, 15) is 43.5 Å². The highest BCUT2D eigenvalue weighted by Gasteiger charge is 2.46. The van der Waals surface area contributed by atoms with E-state index in [0.29, 0.717) is 63.1 Å². The number of halogens is 3. The summed E-state index contributed by atoms with van der Waals surface area (Å²) in [5.41, 5.74) is 2.41. The molecule has 5 N–H and O–H groups in total. The Balaban J connectivity index is 0.801. The molecular weight excluding hydrogens is 1070 g/mol. The van der Waals surface area contributed by atoms with Gasteiger partial charge in [-0.1, -0.05) is 19.1 Å². The van der Waals surface area contributed by atoms with Gasteiger partial charge in [-0.3, -0.25) is 33.7 Å². The molecule has 4 aliphatic rings. The van der Waals surface area contributed by atoms with Crippen LogP contribution in [0.1, 0.15) is 85.0 Å². The zero-order valence-corrected chi connectivity index (χ0v) is 42.7. The van der Waals surface area contributed by atoms with Crippen molar-refractivity contribution in [3.05, 3.63) is 100 Å². The zero-order chi connectivity index (χ0) is 51.8. The Morgan fingerprint density at radius 1 is 0.931 bits per heavy atom. The van der Waals surface area contributed by atoms with E-state index in [0.717, 1.165) is 10.5 Å². The van der Waals surface area contributed by atoms with Crippen molar-refractivity contribution in [1.29, 1.82) is 0 Å². The van der Waals surface area contributed by atoms with E-state index in [2.05, 4.69) is 53.1 Å². The van der Waals surface area contributed by atoms with Crippen LogP contribution in [0.15, 0.2) is 50.2 Å². The Labute approximate surface area is 427 Å². The molecule has 20 nitrogen and oxygen atoms in total. The van der Waals surface area contributed by atoms with E-state index in [1.54, 1.807) is 44.2 Å². The Morgan fingerprint density at radius 3 is 2.31 bits per heavy atom. The van der Waals surface area contributed by atoms with Gasteiger partial charge in [-0.2, -0.15) is 0 Å². The number of nitrogens with zero attached hydrogens (tertiary/aromatic N) is 3. The van der Waals surface area contributed by atoms with Crippen LogP contribution in [-0.2, 0) is 79.5 Å². The molecule has 0 saturated carbocycles. The van der Waals surface area contributed by atoms with Crippen molar-refractivity contribution in [3.63, 3.8) is 0 Å². The van der Waals surface area contributed by atoms with Crippen LogP contribution in [0.4, 0.5) is 14.9 Å². The molecule has 4 aromatic rings. The second-order valence-electron chi connectivity index (χ2n) is 17.7. The minimum atomic E-state index is -2.03. The minimum absolute atomic E-state index is 0.0327. The van der Waals surface area contributed by atoms with Crippen molar-refractivity contribution in [2.24, 2.45) is 0 Å². The van der Waals surface area contributed by atoms with Gasteiger partial charge in [0.05, 0.1) is 68.0 Å². The second-order valence-corrected chi connectivity index (χ2v) is 19.3. The van der Waals surface area contributed by atoms with Crippen molar-refractivity contribution >= 4 is 90.0 Å². The number of amides is 6. The second kappa shape index (κ2) is 21.4. The number of hydrogen-bond donors (Lipinski definition) is 5. The largest absolute Gasteiger partial charge is 0.458 e. The number of carbonyl (C=O) groups is 7. The molecular formula is C49H50Br2FN7O13. The number of fused-ring (bicyclic) bond motifs is 5. The third kappa shape index (κ3) is 10.2. The number of imide groups is 1. The minimum Gasteiger partial charge on any atom is -0.458 e. The Hall–Kier alpha value is -6.40. The summed E-state index contributed by atoms with van der Waals surface area (Å²) in [7, 11) is 0. The number of aliphatic hydroxyl groups is 1. The van der Waals surface area contributed by atoms with Gasteiger partial charge in [0.2, 0.25) is 17.7 Å². The van der Waals surface area contributed by atoms with Gasteiger partial charge in [0.25, 0.3) is 17.4 Å². The lowest BCUT2D eigenvalue weighted by Gasteiger charge is -2.31. The number of anilines is 1. The standard InChI is InChI=1S/C49H50Br2FN7O13/c1-5-49(68)31-18-35-41-29(20-59(35)44(63)30(31)22-71-47(49)66)38-33(11-10-28-23(2)32(52)19-34(56-41)37(28)38)57-48(67)72-21-26-6-8-27(9-7-26)55-43(62)25(4)54-42(61)24(3)53-36(60)12-14-69-16-17-70-15-13-58-45(64)39(50)40(51)46(58)65/h6-9,18-19,24-25,33,68H,5,10-17,20-22H2,1-4H3,(H,53,60)(H,54,61)(H,55,62)(H,57,67)/t24-,25-,33?,49-/m0/s1. The van der Waals surface area contributed by atoms with Crippen LogP contribution < -0.4 is 26.8 Å². The molecule has 1 aliphatic carbocycles. The first kappa shape index (κ1) is 51.9. The van der Waals surface area contributed by atoms with Crippen LogP contribution in [0.3, 0.4) is 0 Å². The van der Waals surface area contributed by atoms with Crippen LogP contribution in [-0.4, -0.2) is 106 Å². The van der Waals surface area contributed by atoms with Crippen LogP contribution in [0.2, 0.25) is 0 Å². The number of aromatic nitrogens is 2. The summed E-state index contributed by atoms with van der Waals surface area (Å²) in [6.07, 6.45) is 0.00499. The predicted octanol–water partition coefficient (Wildman–Crippen LogP) is 4.18. The number of hydrogen-bond acceptors (Lipinski definition) is 14. The molecule has 0 bridgehead atoms. The highest BCUT2D eigenvalue weighted by Crippen LogP contribution is 2.46. The summed E-state index contributed by atoms with van der Waals surface area (Å²) in [4.78, 5) is 108. The fourth-order valence-electron chi connectivity index (χ4n) is 9.11. The summed E-state index contributed by atoms with van der Waals surface area (Å²) in [6.45, 7) is 6.43. The molecule has 0 saturated heterocycles. The molecule has 2 aromatic heterocycles. The van der Waals surface area contributed by atoms with E-state index in [1.165, 1.54) is 24.5 Å². The van der Waals surface area contributed by atoms with Gasteiger partial charge in [0.15, 0.2) is 5.60 Å². The molecule has 5 heterocycles. The molecule has 1 unspecified atom stereocenters. The smallest absolute Gasteiger partial charge is 0.407 e. The van der Waals surface area contributed by atoms with Crippen LogP contribution in [0, 0.1) is 12.7 Å². The van der Waals surface area contributed by atoms with Crippen LogP contribution in [0.5, 0.6) is 0 Å².